The fourth-order valence-electron chi connectivity index (χ4n) is 6.73. The molecule has 0 unspecified atom stereocenters. The molecule has 250 valence electrons. The van der Waals surface area contributed by atoms with E-state index in [4.69, 9.17) is 29.1 Å². The van der Waals surface area contributed by atoms with Gasteiger partial charge in [-0.2, -0.15) is 0 Å². The number of hydrogen-bond acceptors (Lipinski definition) is 4. The number of benzene rings is 7. The van der Waals surface area contributed by atoms with Crippen molar-refractivity contribution >= 4 is 43.7 Å². The Morgan fingerprint density at radius 1 is 0.491 bits per heavy atom. The first-order valence-corrected chi connectivity index (χ1v) is 15.9. The van der Waals surface area contributed by atoms with Crippen LogP contribution in [0.3, 0.4) is 0 Å². The molecule has 53 heavy (non-hydrogen) atoms. The first kappa shape index (κ1) is 13.9. The number of nitrogens with zero attached hydrogens (tertiary/aromatic N) is 4. The lowest BCUT2D eigenvalue weighted by molar-refractivity contribution is 0.661. The molecule has 0 saturated carbocycles. The highest BCUT2D eigenvalue weighted by molar-refractivity contribution is 6.14. The van der Waals surface area contributed by atoms with Gasteiger partial charge in [0.2, 0.25) is 0 Å². The topological polar surface area (TPSA) is 56.7 Å². The fourth-order valence-corrected chi connectivity index (χ4v) is 6.73. The maximum Gasteiger partial charge on any atom is 0.164 e. The van der Waals surface area contributed by atoms with Gasteiger partial charge in [0.05, 0.1) is 46.7 Å². The predicted molar refractivity (Wildman–Crippen MR) is 215 cm³/mol. The molecule has 0 fully saturated rings. The summed E-state index contributed by atoms with van der Waals surface area (Å²) in [5.74, 6) is -2.31. The Morgan fingerprint density at radius 3 is 1.92 bits per heavy atom. The number of furan rings is 1. The SMILES string of the molecule is [2H]c1c([2H])c([2H])c(-c2nc(-c3c([2H])c([2H])c([2H])c([2H])c3[2H])nc(-c3c([2H])c([2H])c([2H])c4oc5c([2H])c(-n6c7c([2H])c([2H])c([2H])c([2H])c7c7c([2H])c8c(c([2H])c76)C(C)(C)c6c([2H])c([2H])c([2H])c([2H])c6-8)c([2H])c([2H])c5c34)n2)c([2H])c1[2H]. The minimum atomic E-state index is -1.47. The van der Waals surface area contributed by atoms with E-state index in [-0.39, 0.29) is 27.6 Å². The van der Waals surface area contributed by atoms with Gasteiger partial charge in [-0.05, 0) is 58.5 Å². The van der Waals surface area contributed by atoms with E-state index >= 15 is 0 Å². The third-order valence-electron chi connectivity index (χ3n) is 9.12. The van der Waals surface area contributed by atoms with Crippen LogP contribution in [0.1, 0.15) is 60.6 Å². The minimum absolute atomic E-state index is 0.0296. The van der Waals surface area contributed by atoms with Gasteiger partial charge in [-0.15, -0.1) is 0 Å². The van der Waals surface area contributed by atoms with Crippen LogP contribution in [0.15, 0.2) is 162 Å². The van der Waals surface area contributed by atoms with Crippen LogP contribution in [-0.2, 0) is 5.41 Å². The van der Waals surface area contributed by atoms with Crippen LogP contribution in [0, 0.1) is 0 Å². The number of hydrogen-bond donors (Lipinski definition) is 0. The average Bonchev–Trinajstić information content (AvgIpc) is 3.50. The molecule has 0 radical (unpaired) electrons. The van der Waals surface area contributed by atoms with Crippen molar-refractivity contribution in [3.8, 4) is 51.0 Å². The van der Waals surface area contributed by atoms with Crippen molar-refractivity contribution in [1.82, 2.24) is 19.5 Å². The second-order valence-electron chi connectivity index (χ2n) is 12.4. The van der Waals surface area contributed by atoms with Gasteiger partial charge in [0.15, 0.2) is 17.5 Å². The number of aromatic nitrogens is 4. The molecule has 0 N–H and O–H groups in total. The van der Waals surface area contributed by atoms with Crippen molar-refractivity contribution < 1.29 is 40.1 Å². The fraction of sp³-hybridized carbons (Fsp3) is 0.0625. The molecule has 5 nitrogen and oxygen atoms in total. The molecular formula is C48H32N4O. The molecular weight excluding hydrogens is 649 g/mol. The van der Waals surface area contributed by atoms with Crippen LogP contribution in [0.4, 0.5) is 0 Å². The second kappa shape index (κ2) is 11.1. The smallest absolute Gasteiger partial charge is 0.164 e. The molecule has 10 aromatic rings. The molecule has 0 atom stereocenters. The molecule has 0 amide bonds. The van der Waals surface area contributed by atoms with E-state index in [1.54, 1.807) is 13.8 Å². The van der Waals surface area contributed by atoms with Gasteiger partial charge in [0.1, 0.15) is 11.2 Å². The highest BCUT2D eigenvalue weighted by atomic mass is 16.3. The standard InChI is InChI=1S/C48H32N4O/c1-48(2)38-21-11-9-18-32(38)36-27-37-33-19-10-12-22-40(33)52(41(37)28-39(36)48)31-24-25-34-43(26-31)53-42-23-13-20-35(44(34)42)47-50-45(29-14-5-3-6-15-29)49-46(51-47)30-16-7-4-8-17-30/h3-28H,1-2H3/i3D,4D,5D,6D,7D,8D,9D,10D,11D,12D,13D,14D,15D,16D,17D,18D,19D,20D,21D,22D,23D,24D,25D,26D,27D,28D. The third-order valence-corrected chi connectivity index (χ3v) is 9.12. The van der Waals surface area contributed by atoms with E-state index in [1.165, 1.54) is 0 Å². The first-order chi connectivity index (χ1) is 36.9. The van der Waals surface area contributed by atoms with Gasteiger partial charge >= 0.3 is 0 Å². The van der Waals surface area contributed by atoms with Crippen LogP contribution in [0.25, 0.3) is 94.7 Å². The maximum absolute atomic E-state index is 9.97. The quantitative estimate of drug-likeness (QED) is 0.183. The van der Waals surface area contributed by atoms with Gasteiger partial charge in [-0.25, -0.2) is 15.0 Å². The Morgan fingerprint density at radius 2 is 1.15 bits per heavy atom. The van der Waals surface area contributed by atoms with Crippen LogP contribution < -0.4 is 0 Å². The van der Waals surface area contributed by atoms with Gasteiger partial charge < -0.3 is 8.98 Å². The van der Waals surface area contributed by atoms with Gasteiger partial charge in [0.25, 0.3) is 0 Å². The first-order valence-electron chi connectivity index (χ1n) is 28.9. The van der Waals surface area contributed by atoms with Crippen LogP contribution in [0.2, 0.25) is 0 Å². The zero-order valence-corrected chi connectivity index (χ0v) is 27.2. The molecule has 7 aromatic carbocycles. The molecule has 3 heterocycles. The van der Waals surface area contributed by atoms with Crippen LogP contribution in [0.5, 0.6) is 0 Å². The lowest BCUT2D eigenvalue weighted by Crippen LogP contribution is -2.14. The lowest BCUT2D eigenvalue weighted by atomic mass is 9.82. The Hall–Kier alpha value is -6.85. The normalized spacial score (nSPS) is 20.1. The maximum atomic E-state index is 9.97. The molecule has 3 aromatic heterocycles. The summed E-state index contributed by atoms with van der Waals surface area (Å²) in [4.78, 5) is 13.0. The van der Waals surface area contributed by atoms with Crippen LogP contribution in [-0.4, -0.2) is 19.5 Å². The molecule has 0 bridgehead atoms. The molecule has 0 spiro atoms. The van der Waals surface area contributed by atoms with Crippen molar-refractivity contribution in [3.63, 3.8) is 0 Å². The van der Waals surface area contributed by atoms with E-state index in [0.29, 0.717) is 0 Å². The molecule has 1 aliphatic rings. The predicted octanol–water partition coefficient (Wildman–Crippen LogP) is 12.2. The third kappa shape index (κ3) is 4.40. The molecule has 0 saturated heterocycles. The summed E-state index contributed by atoms with van der Waals surface area (Å²) in [5, 5.41) is -1.76. The Balaban J connectivity index is 1.30. The highest BCUT2D eigenvalue weighted by Gasteiger charge is 2.36. The summed E-state index contributed by atoms with van der Waals surface area (Å²) in [6.07, 6.45) is 0. The summed E-state index contributed by atoms with van der Waals surface area (Å²) < 4.78 is 239. The largest absolute Gasteiger partial charge is 0.456 e. The average molecular weight is 707 g/mol. The van der Waals surface area contributed by atoms with Gasteiger partial charge in [-0.3, -0.25) is 0 Å². The summed E-state index contributed by atoms with van der Waals surface area (Å²) in [7, 11) is 0. The Kier molecular flexibility index (Phi) is 2.91. The monoisotopic (exact) mass is 706 g/mol. The Labute approximate surface area is 342 Å². The summed E-state index contributed by atoms with van der Waals surface area (Å²) >= 11 is 0. The zero-order valence-electron chi connectivity index (χ0n) is 53.2. The lowest BCUT2D eigenvalue weighted by Gasteiger charge is -2.21. The second-order valence-corrected chi connectivity index (χ2v) is 12.4. The Bertz CT molecular complexity index is 4460. The highest BCUT2D eigenvalue weighted by Crippen LogP contribution is 2.51. The summed E-state index contributed by atoms with van der Waals surface area (Å²) in [6, 6.07) is -20.2. The van der Waals surface area contributed by atoms with Gasteiger partial charge in [-0.1, -0.05) is 129 Å². The van der Waals surface area contributed by atoms with E-state index in [2.05, 4.69) is 15.0 Å². The van der Waals surface area contributed by atoms with E-state index in [1.807, 2.05) is 0 Å². The van der Waals surface area contributed by atoms with Crippen molar-refractivity contribution in [1.29, 1.82) is 0 Å². The summed E-state index contributed by atoms with van der Waals surface area (Å²) in [5.41, 5.74) is -6.58. The van der Waals surface area contributed by atoms with Crippen molar-refractivity contribution in [3.05, 3.63) is 168 Å². The van der Waals surface area contributed by atoms with Crippen molar-refractivity contribution in [2.75, 3.05) is 0 Å². The van der Waals surface area contributed by atoms with Crippen LogP contribution >= 0.6 is 0 Å². The van der Waals surface area contributed by atoms with E-state index < -0.39 is 241 Å². The number of para-hydroxylation sites is 1. The van der Waals surface area contributed by atoms with Crippen molar-refractivity contribution in [2.24, 2.45) is 0 Å². The minimum Gasteiger partial charge on any atom is -0.456 e. The van der Waals surface area contributed by atoms with Gasteiger partial charge in [0, 0.05) is 55.4 Å². The molecule has 11 rings (SSSR count). The summed E-state index contributed by atoms with van der Waals surface area (Å²) in [6.45, 7) is 3.12. The van der Waals surface area contributed by atoms with Crippen molar-refractivity contribution in [2.45, 2.75) is 19.3 Å². The van der Waals surface area contributed by atoms with E-state index in [9.17, 15) is 11.0 Å². The molecule has 5 heteroatoms. The van der Waals surface area contributed by atoms with E-state index in [0.717, 1.165) is 4.57 Å². The number of rotatable bonds is 4. The molecule has 0 aliphatic heterocycles. The number of fused-ring (bicyclic) bond motifs is 9. The zero-order chi connectivity index (χ0) is 57.9. The molecule has 1 aliphatic carbocycles.